The van der Waals surface area contributed by atoms with E-state index in [4.69, 9.17) is 52.6 Å². The van der Waals surface area contributed by atoms with Crippen LogP contribution in [0.4, 0.5) is 0 Å². The van der Waals surface area contributed by atoms with E-state index in [0.29, 0.717) is 102 Å². The van der Waals surface area contributed by atoms with Gasteiger partial charge in [-0.2, -0.15) is 5.26 Å². The molecule has 0 spiro atoms. The van der Waals surface area contributed by atoms with Crippen LogP contribution >= 0.6 is 0 Å². The van der Waals surface area contributed by atoms with E-state index in [-0.39, 0.29) is 11.9 Å². The van der Waals surface area contributed by atoms with Crippen LogP contribution < -0.4 is 38.8 Å². The van der Waals surface area contributed by atoms with Crippen molar-refractivity contribution in [1.82, 2.24) is 0 Å². The molecule has 1 saturated carbocycles. The standard InChI is InChI=1S/C55H54O8Si2.C31H40O5.C23H23NO5/c1-7-51(56)60-35-13-37-64(3,4)45-31-27-43(28-32-45)62-53(58)39-19-23-41(24-20-39)55(49-17-11-9-15-47(49)48-16-10-12-18-50(48)55)42-25-21-40(22-26-42)54(59)63-44-29-33-46(34-30-44)65(5,6)38-14-36-61-52(57)8-2;1-3-9-24-10-12-25(13-11-24)26-14-20-29(21-15-26)36-31(33)27-16-18-28(19-17-27)34-22-7-5-6-8-23-35-30(32)4-2;1-2-22(25)28-16-6-4-3-5-15-27-20-13-9-19(10-14-20)23(26)29-21-11-7-18(17-24)8-12-21/h7-12,15-34H,1-2,13-14,35-38H2,3-6H3;4,14-21,24-25H,2-3,5-13,22-23H2,1H3;2,7-14H,1,3-6,15-16H2. The van der Waals surface area contributed by atoms with Crippen LogP contribution in [0.2, 0.25) is 38.3 Å². The fourth-order valence-corrected chi connectivity index (χ4v) is 20.8. The van der Waals surface area contributed by atoms with Gasteiger partial charge in [0.15, 0.2) is 0 Å². The molecule has 0 radical (unpaired) electrons. The molecule has 0 amide bonds. The van der Waals surface area contributed by atoms with Crippen LogP contribution in [0.5, 0.6) is 34.5 Å². The number of hydrogen-bond acceptors (Lipinski definition) is 19. The minimum absolute atomic E-state index is 0.360. The minimum atomic E-state index is -1.82. The Morgan fingerprint density at radius 2 is 0.662 bits per heavy atom. The highest BCUT2D eigenvalue weighted by Gasteiger charge is 2.46. The second kappa shape index (κ2) is 50.3. The van der Waals surface area contributed by atoms with Crippen LogP contribution in [0.1, 0.15) is 190 Å². The number of nitriles is 1. The zero-order valence-corrected chi connectivity index (χ0v) is 77.2. The van der Waals surface area contributed by atoms with Crippen molar-refractivity contribution in [3.63, 3.8) is 0 Å². The van der Waals surface area contributed by atoms with Gasteiger partial charge in [-0.15, -0.1) is 0 Å². The van der Waals surface area contributed by atoms with Gasteiger partial charge in [-0.3, -0.25) is 0 Å². The molecule has 2 aliphatic rings. The number of rotatable bonds is 43. The number of nitrogens with zero attached hydrogens (tertiary/aromatic N) is 1. The average Bonchev–Trinajstić information content (AvgIpc) is 1.54. The number of esters is 8. The predicted molar refractivity (Wildman–Crippen MR) is 512 cm³/mol. The van der Waals surface area contributed by atoms with E-state index < -0.39 is 57.4 Å². The van der Waals surface area contributed by atoms with Crippen LogP contribution in [-0.4, -0.2) is 104 Å². The third-order valence-corrected chi connectivity index (χ3v) is 30.4. The molecule has 130 heavy (non-hydrogen) atoms. The summed E-state index contributed by atoms with van der Waals surface area (Å²) in [7, 11) is -3.65. The Hall–Kier alpha value is -13.6. The third kappa shape index (κ3) is 29.0. The van der Waals surface area contributed by atoms with E-state index in [2.05, 4.69) is 95.8 Å². The Balaban J connectivity index is 0.000000227. The number of carbonyl (C=O) groups is 8. The van der Waals surface area contributed by atoms with Gasteiger partial charge in [0, 0.05) is 24.3 Å². The molecule has 0 bridgehead atoms. The van der Waals surface area contributed by atoms with E-state index in [1.807, 2.05) is 140 Å². The van der Waals surface area contributed by atoms with Crippen LogP contribution in [0.15, 0.2) is 293 Å². The summed E-state index contributed by atoms with van der Waals surface area (Å²) in [6.07, 6.45) is 21.3. The Labute approximate surface area is 766 Å². The van der Waals surface area contributed by atoms with Gasteiger partial charge in [-0.05, 0) is 274 Å². The molecule has 0 unspecified atom stereocenters. The van der Waals surface area contributed by atoms with Crippen molar-refractivity contribution in [3.05, 3.63) is 349 Å². The maximum Gasteiger partial charge on any atom is 0.343 e. The quantitative estimate of drug-likeness (QED) is 0.00859. The molecule has 0 aromatic heterocycles. The van der Waals surface area contributed by atoms with Crippen LogP contribution in [0, 0.1) is 17.2 Å². The molecule has 0 N–H and O–H groups in total. The lowest BCUT2D eigenvalue weighted by Gasteiger charge is -2.34. The highest BCUT2D eigenvalue weighted by Crippen LogP contribution is 2.56. The van der Waals surface area contributed by atoms with E-state index in [0.717, 1.165) is 127 Å². The van der Waals surface area contributed by atoms with E-state index in [9.17, 15) is 38.4 Å². The molecule has 0 atom stereocenters. The van der Waals surface area contributed by atoms with Gasteiger partial charge in [0.25, 0.3) is 0 Å². The first-order valence-electron chi connectivity index (χ1n) is 44.7. The van der Waals surface area contributed by atoms with Crippen molar-refractivity contribution in [3.8, 4) is 51.7 Å². The normalized spacial score (nSPS) is 13.3. The molecule has 2 aliphatic carbocycles. The summed E-state index contributed by atoms with van der Waals surface area (Å²) in [5.41, 5.74) is 9.19. The second-order valence-corrected chi connectivity index (χ2v) is 43.0. The van der Waals surface area contributed by atoms with E-state index in [1.54, 1.807) is 72.8 Å². The molecule has 0 heterocycles. The first-order valence-corrected chi connectivity index (χ1v) is 51.1. The Morgan fingerprint density at radius 1 is 0.362 bits per heavy atom. The number of benzene rings is 10. The first-order chi connectivity index (χ1) is 63.0. The molecule has 0 saturated heterocycles. The number of hydrogen-bond donors (Lipinski definition) is 0. The first kappa shape index (κ1) is 98.6. The molecule has 19 nitrogen and oxygen atoms in total. The van der Waals surface area contributed by atoms with Crippen LogP contribution in [0.25, 0.3) is 11.1 Å². The van der Waals surface area contributed by atoms with Crippen molar-refractivity contribution in [2.45, 2.75) is 159 Å². The zero-order chi connectivity index (χ0) is 92.7. The summed E-state index contributed by atoms with van der Waals surface area (Å²) in [6, 6.07) is 79.5. The molecular formula is C109H117NO18Si2. The summed E-state index contributed by atoms with van der Waals surface area (Å²) in [5, 5.41) is 11.2. The molecule has 10 aromatic rings. The van der Waals surface area contributed by atoms with Crippen molar-refractivity contribution in [2.24, 2.45) is 5.92 Å². The Bertz CT molecular complexity index is 5290. The Kier molecular flexibility index (Phi) is 38.1. The molecule has 674 valence electrons. The minimum Gasteiger partial charge on any atom is -0.494 e. The van der Waals surface area contributed by atoms with Gasteiger partial charge >= 0.3 is 47.8 Å². The van der Waals surface area contributed by atoms with Crippen molar-refractivity contribution < 1.29 is 85.7 Å². The number of unbranched alkanes of at least 4 members (excludes halogenated alkanes) is 6. The predicted octanol–water partition coefficient (Wildman–Crippen LogP) is 22.7. The maximum atomic E-state index is 13.6. The molecule has 0 aliphatic heterocycles. The number of ether oxygens (including phenoxy) is 10. The molecular weight excluding hydrogens is 1670 g/mol. The Morgan fingerprint density at radius 3 is 0.992 bits per heavy atom. The topological polar surface area (TPSA) is 253 Å². The van der Waals surface area contributed by atoms with Crippen LogP contribution in [-0.2, 0) is 43.5 Å². The van der Waals surface area contributed by atoms with E-state index in [1.165, 1.54) is 72.7 Å². The van der Waals surface area contributed by atoms with Gasteiger partial charge < -0.3 is 47.4 Å². The SMILES string of the molecule is C=CC(=O)OCCCCCCOc1ccc(C(=O)Oc2ccc(C#N)cc2)cc1.C=CC(=O)OCCCCCCOc1ccc(C(=O)Oc2ccc(C3CCC(CCC)CC3)cc2)cc1.C=CC(=O)OCCC[Si](C)(C)c1ccc(OC(=O)c2ccc(C3(c4ccc(C(=O)Oc5ccc([Si](C)(C)CCCOC(=O)C=C)cc5)cc4)c4ccccc4-c4ccccc43)cc2)cc1. The molecule has 10 aromatic carbocycles. The smallest absolute Gasteiger partial charge is 0.343 e. The largest absolute Gasteiger partial charge is 0.494 e. The summed E-state index contributed by atoms with van der Waals surface area (Å²) < 4.78 is 54.2. The summed E-state index contributed by atoms with van der Waals surface area (Å²) >= 11 is 0. The van der Waals surface area contributed by atoms with Gasteiger partial charge in [-0.1, -0.05) is 204 Å². The van der Waals surface area contributed by atoms with Crippen LogP contribution in [0.3, 0.4) is 0 Å². The fraction of sp³-hybridized carbons (Fsp3) is 0.294. The van der Waals surface area contributed by atoms with Gasteiger partial charge in [0.2, 0.25) is 0 Å². The second-order valence-electron chi connectivity index (χ2n) is 33.3. The molecule has 21 heteroatoms. The summed E-state index contributed by atoms with van der Waals surface area (Å²) in [4.78, 5) is 96.6. The summed E-state index contributed by atoms with van der Waals surface area (Å²) in [6.45, 7) is 27.7. The average molecular weight is 1790 g/mol. The van der Waals surface area contributed by atoms with Gasteiger partial charge in [-0.25, -0.2) is 38.4 Å². The highest BCUT2D eigenvalue weighted by molar-refractivity contribution is 6.90. The maximum absolute atomic E-state index is 13.6. The fourth-order valence-electron chi connectivity index (χ4n) is 16.1. The number of carbonyl (C=O) groups excluding carboxylic acids is 8. The van der Waals surface area contributed by atoms with Gasteiger partial charge in [0.1, 0.15) is 34.5 Å². The van der Waals surface area contributed by atoms with Gasteiger partial charge in [0.05, 0.1) is 95.1 Å². The van der Waals surface area contributed by atoms with Crippen molar-refractivity contribution >= 4 is 74.3 Å². The molecule has 1 fully saturated rings. The number of fused-ring (bicyclic) bond motifs is 3. The van der Waals surface area contributed by atoms with Crippen molar-refractivity contribution in [1.29, 1.82) is 5.26 Å². The summed E-state index contributed by atoms with van der Waals surface area (Å²) in [5.74, 6) is 1.45. The highest BCUT2D eigenvalue weighted by atomic mass is 28.3. The van der Waals surface area contributed by atoms with Crippen molar-refractivity contribution in [2.75, 3.05) is 39.6 Å². The van der Waals surface area contributed by atoms with E-state index >= 15 is 0 Å². The lowest BCUT2D eigenvalue weighted by molar-refractivity contribution is -0.138. The zero-order valence-electron chi connectivity index (χ0n) is 75.2. The third-order valence-electron chi connectivity index (χ3n) is 23.4. The lowest BCUT2D eigenvalue weighted by atomic mass is 9.67. The monoisotopic (exact) mass is 1780 g/mol. The molecule has 12 rings (SSSR count). The lowest BCUT2D eigenvalue weighted by Crippen LogP contribution is -2.41.